The van der Waals surface area contributed by atoms with Crippen LogP contribution in [0.15, 0.2) is 28.7 Å². The molecule has 1 atom stereocenters. The van der Waals surface area contributed by atoms with E-state index >= 15 is 0 Å². The monoisotopic (exact) mass is 325 g/mol. The molecule has 1 aliphatic rings. The Morgan fingerprint density at radius 2 is 1.95 bits per heavy atom. The molecule has 1 aromatic rings. The van der Waals surface area contributed by atoms with Crippen LogP contribution >= 0.6 is 15.9 Å². The van der Waals surface area contributed by atoms with E-state index in [1.807, 2.05) is 24.3 Å². The van der Waals surface area contributed by atoms with Gasteiger partial charge in [-0.3, -0.25) is 9.59 Å². The van der Waals surface area contributed by atoms with E-state index in [0.29, 0.717) is 0 Å². The van der Waals surface area contributed by atoms with Crippen molar-refractivity contribution in [2.24, 2.45) is 0 Å². The average Bonchev–Trinajstić information content (AvgIpc) is 3.09. The second-order valence-corrected chi connectivity index (χ2v) is 5.98. The van der Waals surface area contributed by atoms with Crippen LogP contribution in [0.5, 0.6) is 0 Å². The fourth-order valence-electron chi connectivity index (χ4n) is 2.22. The number of rotatable bonds is 5. The largest absolute Gasteiger partial charge is 0.481 e. The minimum absolute atomic E-state index is 0.0534. The molecule has 0 bridgehead atoms. The maximum Gasteiger partial charge on any atom is 0.305 e. The zero-order valence-corrected chi connectivity index (χ0v) is 12.2. The molecule has 0 saturated heterocycles. The molecule has 0 radical (unpaired) electrons. The Morgan fingerprint density at radius 1 is 1.37 bits per heavy atom. The summed E-state index contributed by atoms with van der Waals surface area (Å²) in [5.74, 6) is -0.968. The van der Waals surface area contributed by atoms with Crippen molar-refractivity contribution in [2.75, 3.05) is 0 Å². The van der Waals surface area contributed by atoms with Crippen LogP contribution in [0.4, 0.5) is 0 Å². The summed E-state index contributed by atoms with van der Waals surface area (Å²) in [5.41, 5.74) is 0.545. The van der Waals surface area contributed by atoms with Gasteiger partial charge in [-0.25, -0.2) is 0 Å². The maximum absolute atomic E-state index is 12.3. The number of benzene rings is 1. The summed E-state index contributed by atoms with van der Waals surface area (Å²) in [6.45, 7) is 1.71. The molecular weight excluding hydrogens is 310 g/mol. The molecule has 0 aliphatic heterocycles. The molecule has 1 aromatic carbocycles. The third-order valence-electron chi connectivity index (χ3n) is 3.44. The Balaban J connectivity index is 2.06. The number of hydrogen-bond acceptors (Lipinski definition) is 2. The molecule has 1 unspecified atom stereocenters. The van der Waals surface area contributed by atoms with Crippen molar-refractivity contribution in [1.82, 2.24) is 5.32 Å². The van der Waals surface area contributed by atoms with E-state index in [9.17, 15) is 9.59 Å². The van der Waals surface area contributed by atoms with Crippen molar-refractivity contribution in [3.63, 3.8) is 0 Å². The SMILES string of the molecule is CC(CC(=O)O)NC(=O)C1(c2ccc(Br)cc2)CC1. The second kappa shape index (κ2) is 5.33. The number of halogens is 1. The molecule has 5 heteroatoms. The highest BCUT2D eigenvalue weighted by molar-refractivity contribution is 9.10. The molecule has 102 valence electrons. The number of carbonyl (C=O) groups excluding carboxylic acids is 1. The van der Waals surface area contributed by atoms with Crippen LogP contribution in [-0.4, -0.2) is 23.0 Å². The van der Waals surface area contributed by atoms with Gasteiger partial charge in [0.2, 0.25) is 5.91 Å². The zero-order chi connectivity index (χ0) is 14.0. The van der Waals surface area contributed by atoms with Crippen molar-refractivity contribution in [2.45, 2.75) is 37.6 Å². The van der Waals surface area contributed by atoms with Crippen LogP contribution in [0.25, 0.3) is 0 Å². The Labute approximate surface area is 120 Å². The number of carboxylic acids is 1. The van der Waals surface area contributed by atoms with Gasteiger partial charge in [0.05, 0.1) is 11.8 Å². The molecular formula is C14H16BrNO3. The smallest absolute Gasteiger partial charge is 0.305 e. The molecule has 1 saturated carbocycles. The van der Waals surface area contributed by atoms with E-state index in [2.05, 4.69) is 21.2 Å². The summed E-state index contributed by atoms with van der Waals surface area (Å²) >= 11 is 3.37. The first kappa shape index (κ1) is 14.1. The maximum atomic E-state index is 12.3. The number of aliphatic carboxylic acids is 1. The highest BCUT2D eigenvalue weighted by atomic mass is 79.9. The summed E-state index contributed by atoms with van der Waals surface area (Å²) < 4.78 is 0.978. The quantitative estimate of drug-likeness (QED) is 0.873. The lowest BCUT2D eigenvalue weighted by molar-refractivity contribution is -0.137. The Kier molecular flexibility index (Phi) is 3.94. The van der Waals surface area contributed by atoms with Gasteiger partial charge in [0, 0.05) is 10.5 Å². The predicted octanol–water partition coefficient (Wildman–Crippen LogP) is 2.46. The molecule has 1 amide bonds. The van der Waals surface area contributed by atoms with E-state index in [1.54, 1.807) is 6.92 Å². The van der Waals surface area contributed by atoms with Crippen molar-refractivity contribution in [1.29, 1.82) is 0 Å². The fraction of sp³-hybridized carbons (Fsp3) is 0.429. The molecule has 0 heterocycles. The zero-order valence-electron chi connectivity index (χ0n) is 10.6. The molecule has 0 spiro atoms. The lowest BCUT2D eigenvalue weighted by atomic mass is 9.94. The molecule has 1 fully saturated rings. The minimum atomic E-state index is -0.902. The van der Waals surface area contributed by atoms with Crippen molar-refractivity contribution in [3.8, 4) is 0 Å². The van der Waals surface area contributed by atoms with Crippen LogP contribution < -0.4 is 5.32 Å². The third-order valence-corrected chi connectivity index (χ3v) is 3.97. The van der Waals surface area contributed by atoms with Crippen LogP contribution in [0, 0.1) is 0 Å². The van der Waals surface area contributed by atoms with Gasteiger partial charge < -0.3 is 10.4 Å². The van der Waals surface area contributed by atoms with Gasteiger partial charge in [-0.1, -0.05) is 28.1 Å². The van der Waals surface area contributed by atoms with Crippen LogP contribution in [-0.2, 0) is 15.0 Å². The number of carboxylic acid groups (broad SMARTS) is 1. The number of hydrogen-bond donors (Lipinski definition) is 2. The van der Waals surface area contributed by atoms with Crippen molar-refractivity contribution < 1.29 is 14.7 Å². The summed E-state index contributed by atoms with van der Waals surface area (Å²) in [7, 11) is 0. The topological polar surface area (TPSA) is 66.4 Å². The Morgan fingerprint density at radius 3 is 2.42 bits per heavy atom. The van der Waals surface area contributed by atoms with Crippen LogP contribution in [0.3, 0.4) is 0 Å². The van der Waals surface area contributed by atoms with E-state index in [0.717, 1.165) is 22.9 Å². The van der Waals surface area contributed by atoms with Crippen LogP contribution in [0.2, 0.25) is 0 Å². The number of carbonyl (C=O) groups is 2. The molecule has 2 N–H and O–H groups in total. The van der Waals surface area contributed by atoms with Gasteiger partial charge in [0.1, 0.15) is 0 Å². The third kappa shape index (κ3) is 3.15. The van der Waals surface area contributed by atoms with Gasteiger partial charge in [0.25, 0.3) is 0 Å². The van der Waals surface area contributed by atoms with Crippen molar-refractivity contribution >= 4 is 27.8 Å². The first-order valence-corrected chi connectivity index (χ1v) is 7.02. The summed E-state index contributed by atoms with van der Waals surface area (Å²) in [5, 5.41) is 11.5. The predicted molar refractivity (Wildman–Crippen MR) is 74.9 cm³/mol. The van der Waals surface area contributed by atoms with Gasteiger partial charge in [0.15, 0.2) is 0 Å². The van der Waals surface area contributed by atoms with Gasteiger partial charge >= 0.3 is 5.97 Å². The van der Waals surface area contributed by atoms with Crippen LogP contribution in [0.1, 0.15) is 31.7 Å². The summed E-state index contributed by atoms with van der Waals surface area (Å²) in [6, 6.07) is 7.38. The normalized spacial score (nSPS) is 17.6. The van der Waals surface area contributed by atoms with Crippen molar-refractivity contribution in [3.05, 3.63) is 34.3 Å². The molecule has 0 aromatic heterocycles. The Bertz CT molecular complexity index is 494. The number of nitrogens with one attached hydrogen (secondary N) is 1. The van der Waals surface area contributed by atoms with E-state index in [4.69, 9.17) is 5.11 Å². The lowest BCUT2D eigenvalue weighted by Crippen LogP contribution is -2.41. The van der Waals surface area contributed by atoms with Gasteiger partial charge in [-0.05, 0) is 37.5 Å². The van der Waals surface area contributed by atoms with Gasteiger partial charge in [-0.2, -0.15) is 0 Å². The highest BCUT2D eigenvalue weighted by Gasteiger charge is 2.51. The molecule has 4 nitrogen and oxygen atoms in total. The summed E-state index contributed by atoms with van der Waals surface area (Å²) in [6.07, 6.45) is 1.59. The lowest BCUT2D eigenvalue weighted by Gasteiger charge is -2.19. The molecule has 19 heavy (non-hydrogen) atoms. The number of amides is 1. The average molecular weight is 326 g/mol. The highest BCUT2D eigenvalue weighted by Crippen LogP contribution is 2.48. The minimum Gasteiger partial charge on any atom is -0.481 e. The fourth-order valence-corrected chi connectivity index (χ4v) is 2.48. The van der Waals surface area contributed by atoms with E-state index in [1.165, 1.54) is 0 Å². The molecule has 1 aliphatic carbocycles. The standard InChI is InChI=1S/C14H16BrNO3/c1-9(8-12(17)18)16-13(19)14(6-7-14)10-2-4-11(15)5-3-10/h2-5,9H,6-8H2,1H3,(H,16,19)(H,17,18). The first-order valence-electron chi connectivity index (χ1n) is 6.23. The second-order valence-electron chi connectivity index (χ2n) is 5.06. The Hall–Kier alpha value is -1.36. The van der Waals surface area contributed by atoms with E-state index in [-0.39, 0.29) is 18.4 Å². The van der Waals surface area contributed by atoms with E-state index < -0.39 is 11.4 Å². The molecule has 2 rings (SSSR count). The summed E-state index contributed by atoms with van der Waals surface area (Å²) in [4.78, 5) is 22.9. The van der Waals surface area contributed by atoms with Gasteiger partial charge in [-0.15, -0.1) is 0 Å². The first-order chi connectivity index (χ1) is 8.94.